The Kier molecular flexibility index (Phi) is 3.24. The van der Waals surface area contributed by atoms with Crippen molar-refractivity contribution in [2.45, 2.75) is 6.61 Å². The van der Waals surface area contributed by atoms with Gasteiger partial charge >= 0.3 is 0 Å². The second-order valence-electron chi connectivity index (χ2n) is 4.09. The van der Waals surface area contributed by atoms with E-state index in [-0.39, 0.29) is 0 Å². The smallest absolute Gasteiger partial charge is 0.147 e. The van der Waals surface area contributed by atoms with Crippen molar-refractivity contribution in [3.8, 4) is 17.0 Å². The third-order valence-electron chi connectivity index (χ3n) is 2.69. The highest BCUT2D eigenvalue weighted by Crippen LogP contribution is 2.25. The van der Waals surface area contributed by atoms with Gasteiger partial charge in [0.15, 0.2) is 0 Å². The number of rotatable bonds is 4. The Morgan fingerprint density at radius 1 is 1.25 bits per heavy atom. The molecular formula is C13H12N6O. The first kappa shape index (κ1) is 12.1. The van der Waals surface area contributed by atoms with Gasteiger partial charge in [0, 0.05) is 18.0 Å². The summed E-state index contributed by atoms with van der Waals surface area (Å²) in [5, 5.41) is 10.2. The zero-order chi connectivity index (χ0) is 13.8. The van der Waals surface area contributed by atoms with Crippen molar-refractivity contribution in [2.75, 3.05) is 5.73 Å². The van der Waals surface area contributed by atoms with Crippen molar-refractivity contribution in [1.29, 1.82) is 0 Å². The summed E-state index contributed by atoms with van der Waals surface area (Å²) < 4.78 is 5.67. The first-order chi connectivity index (χ1) is 9.83. The number of anilines is 1. The molecule has 100 valence electrons. The second kappa shape index (κ2) is 5.35. The number of nitrogens with two attached hydrogens (primary N) is 1. The number of nitrogens with zero attached hydrogens (tertiary/aromatic N) is 4. The average Bonchev–Trinajstić information content (AvgIpc) is 2.93. The van der Waals surface area contributed by atoms with Gasteiger partial charge in [-0.15, -0.1) is 5.10 Å². The van der Waals surface area contributed by atoms with Gasteiger partial charge < -0.3 is 10.5 Å². The van der Waals surface area contributed by atoms with E-state index in [9.17, 15) is 0 Å². The third kappa shape index (κ3) is 2.56. The molecule has 7 nitrogen and oxygen atoms in total. The summed E-state index contributed by atoms with van der Waals surface area (Å²) in [5.74, 6) is 1.13. The molecule has 0 bridgehead atoms. The SMILES string of the molecule is Nc1[nH]nnc1-c1cccc(OCc2cnccn2)c1. The number of nitrogens with one attached hydrogen (secondary N) is 1. The maximum Gasteiger partial charge on any atom is 0.147 e. The molecule has 7 heteroatoms. The van der Waals surface area contributed by atoms with E-state index in [0.29, 0.717) is 23.9 Å². The van der Waals surface area contributed by atoms with Crippen LogP contribution in [0.2, 0.25) is 0 Å². The third-order valence-corrected chi connectivity index (χ3v) is 2.69. The lowest BCUT2D eigenvalue weighted by atomic mass is 10.1. The van der Waals surface area contributed by atoms with Crippen molar-refractivity contribution in [3.05, 3.63) is 48.5 Å². The van der Waals surface area contributed by atoms with Crippen LogP contribution in [-0.4, -0.2) is 25.4 Å². The van der Waals surface area contributed by atoms with E-state index in [2.05, 4.69) is 25.4 Å². The fraction of sp³-hybridized carbons (Fsp3) is 0.0769. The van der Waals surface area contributed by atoms with Crippen molar-refractivity contribution in [2.24, 2.45) is 0 Å². The van der Waals surface area contributed by atoms with Crippen LogP contribution in [0.3, 0.4) is 0 Å². The summed E-state index contributed by atoms with van der Waals surface area (Å²) in [6.45, 7) is 0.353. The molecule has 0 atom stereocenters. The lowest BCUT2D eigenvalue weighted by Crippen LogP contribution is -1.98. The van der Waals surface area contributed by atoms with Gasteiger partial charge in [-0.25, -0.2) is 5.10 Å². The molecule has 0 saturated carbocycles. The van der Waals surface area contributed by atoms with Gasteiger partial charge in [0.2, 0.25) is 0 Å². The van der Waals surface area contributed by atoms with E-state index >= 15 is 0 Å². The van der Waals surface area contributed by atoms with Crippen molar-refractivity contribution in [3.63, 3.8) is 0 Å². The largest absolute Gasteiger partial charge is 0.487 e. The monoisotopic (exact) mass is 268 g/mol. The van der Waals surface area contributed by atoms with Crippen LogP contribution in [0.1, 0.15) is 5.69 Å². The number of hydrogen-bond donors (Lipinski definition) is 2. The summed E-state index contributed by atoms with van der Waals surface area (Å²) in [6, 6.07) is 7.47. The predicted octanol–water partition coefficient (Wildman–Crippen LogP) is 1.42. The number of H-pyrrole nitrogens is 1. The van der Waals surface area contributed by atoms with Crippen LogP contribution in [0, 0.1) is 0 Å². The van der Waals surface area contributed by atoms with E-state index in [4.69, 9.17) is 10.5 Å². The van der Waals surface area contributed by atoms with E-state index in [1.54, 1.807) is 18.6 Å². The average molecular weight is 268 g/mol. The Labute approximate surface area is 114 Å². The van der Waals surface area contributed by atoms with Crippen LogP contribution < -0.4 is 10.5 Å². The van der Waals surface area contributed by atoms with Crippen LogP contribution >= 0.6 is 0 Å². The van der Waals surface area contributed by atoms with E-state index < -0.39 is 0 Å². The Morgan fingerprint density at radius 2 is 2.20 bits per heavy atom. The Bertz CT molecular complexity index is 697. The molecule has 0 amide bonds. The molecule has 0 aliphatic heterocycles. The fourth-order valence-corrected chi connectivity index (χ4v) is 1.74. The summed E-state index contributed by atoms with van der Waals surface area (Å²) in [4.78, 5) is 8.13. The summed E-state index contributed by atoms with van der Waals surface area (Å²) in [7, 11) is 0. The van der Waals surface area contributed by atoms with Gasteiger partial charge in [-0.1, -0.05) is 17.3 Å². The van der Waals surface area contributed by atoms with Crippen LogP contribution in [0.5, 0.6) is 5.75 Å². The van der Waals surface area contributed by atoms with Crippen LogP contribution in [-0.2, 0) is 6.61 Å². The first-order valence-corrected chi connectivity index (χ1v) is 5.97. The minimum Gasteiger partial charge on any atom is -0.487 e. The summed E-state index contributed by atoms with van der Waals surface area (Å²) >= 11 is 0. The molecule has 2 aromatic heterocycles. The number of hydrogen-bond acceptors (Lipinski definition) is 6. The minimum atomic E-state index is 0.353. The summed E-state index contributed by atoms with van der Waals surface area (Å²) in [5.41, 5.74) is 7.96. The molecule has 0 aliphatic carbocycles. The normalized spacial score (nSPS) is 10.4. The quantitative estimate of drug-likeness (QED) is 0.741. The van der Waals surface area contributed by atoms with Crippen LogP contribution in [0.25, 0.3) is 11.3 Å². The van der Waals surface area contributed by atoms with Crippen LogP contribution in [0.15, 0.2) is 42.9 Å². The molecule has 0 unspecified atom stereocenters. The number of aromatic amines is 1. The maximum absolute atomic E-state index is 5.75. The van der Waals surface area contributed by atoms with Gasteiger partial charge in [-0.3, -0.25) is 9.97 Å². The number of aromatic nitrogens is 5. The molecule has 20 heavy (non-hydrogen) atoms. The molecule has 0 radical (unpaired) electrons. The maximum atomic E-state index is 5.75. The molecule has 0 aliphatic rings. The molecule has 3 N–H and O–H groups in total. The number of nitrogen functional groups attached to an aromatic ring is 1. The molecule has 0 saturated heterocycles. The van der Waals surface area contributed by atoms with Gasteiger partial charge in [0.05, 0.1) is 11.9 Å². The zero-order valence-corrected chi connectivity index (χ0v) is 10.5. The Balaban J connectivity index is 1.77. The van der Waals surface area contributed by atoms with Crippen molar-refractivity contribution < 1.29 is 4.74 Å². The van der Waals surface area contributed by atoms with Gasteiger partial charge in [0.1, 0.15) is 23.9 Å². The summed E-state index contributed by atoms with van der Waals surface area (Å²) in [6.07, 6.45) is 4.92. The molecule has 0 spiro atoms. The van der Waals surface area contributed by atoms with Gasteiger partial charge in [0.25, 0.3) is 0 Å². The minimum absolute atomic E-state index is 0.353. The molecule has 3 rings (SSSR count). The highest BCUT2D eigenvalue weighted by Gasteiger charge is 2.07. The highest BCUT2D eigenvalue weighted by atomic mass is 16.5. The molecule has 1 aromatic carbocycles. The zero-order valence-electron chi connectivity index (χ0n) is 10.5. The Morgan fingerprint density at radius 3 is 2.95 bits per heavy atom. The van der Waals surface area contributed by atoms with Gasteiger partial charge in [-0.2, -0.15) is 0 Å². The molecule has 2 heterocycles. The van der Waals surface area contributed by atoms with E-state index in [1.807, 2.05) is 24.3 Å². The lowest BCUT2D eigenvalue weighted by molar-refractivity contribution is 0.301. The Hall–Kier alpha value is -2.96. The van der Waals surface area contributed by atoms with E-state index in [0.717, 1.165) is 11.3 Å². The highest BCUT2D eigenvalue weighted by molar-refractivity contribution is 5.70. The van der Waals surface area contributed by atoms with Crippen molar-refractivity contribution in [1.82, 2.24) is 25.4 Å². The fourth-order valence-electron chi connectivity index (χ4n) is 1.74. The number of benzene rings is 1. The lowest BCUT2D eigenvalue weighted by Gasteiger charge is -2.06. The molecular weight excluding hydrogens is 256 g/mol. The van der Waals surface area contributed by atoms with Gasteiger partial charge in [-0.05, 0) is 12.1 Å². The second-order valence-corrected chi connectivity index (χ2v) is 4.09. The number of ether oxygens (including phenoxy) is 1. The molecule has 3 aromatic rings. The van der Waals surface area contributed by atoms with E-state index in [1.165, 1.54) is 0 Å². The first-order valence-electron chi connectivity index (χ1n) is 5.97. The van der Waals surface area contributed by atoms with Crippen molar-refractivity contribution >= 4 is 5.82 Å². The standard InChI is InChI=1S/C13H12N6O/c14-13-12(17-19-18-13)9-2-1-3-11(6-9)20-8-10-7-15-4-5-16-10/h1-7H,8H2,(H3,14,17,18,19). The topological polar surface area (TPSA) is 103 Å². The van der Waals surface area contributed by atoms with Crippen LogP contribution in [0.4, 0.5) is 5.82 Å². The molecule has 0 fully saturated rings. The predicted molar refractivity (Wildman–Crippen MR) is 72.6 cm³/mol.